The molecular formula is C41H46N6O6. The zero-order valence-corrected chi connectivity index (χ0v) is 30.9. The summed E-state index contributed by atoms with van der Waals surface area (Å²) in [6.45, 7) is 4.57. The molecule has 3 fully saturated rings. The monoisotopic (exact) mass is 718 g/mol. The topological polar surface area (TPSA) is 118 Å². The number of hydrogen-bond acceptors (Lipinski definition) is 10. The number of ketones is 2. The van der Waals surface area contributed by atoms with E-state index < -0.39 is 6.04 Å². The molecular weight excluding hydrogens is 672 g/mol. The smallest absolute Gasteiger partial charge is 0.259 e. The first kappa shape index (κ1) is 34.8. The van der Waals surface area contributed by atoms with Gasteiger partial charge in [0.25, 0.3) is 11.5 Å². The molecule has 4 aliphatic rings. The molecule has 0 bridgehead atoms. The molecule has 12 heteroatoms. The number of likely N-dealkylation sites (N-methyl/N-ethyl adjacent to an activating group) is 1. The normalized spacial score (nSPS) is 19.5. The number of ether oxygens (including phenoxy) is 2. The van der Waals surface area contributed by atoms with Crippen LogP contribution in [-0.4, -0.2) is 96.4 Å². The van der Waals surface area contributed by atoms with Crippen molar-refractivity contribution in [2.75, 3.05) is 57.2 Å². The Bertz CT molecular complexity index is 2160. The lowest BCUT2D eigenvalue weighted by atomic mass is 9.94. The van der Waals surface area contributed by atoms with E-state index in [0.717, 1.165) is 71.7 Å². The van der Waals surface area contributed by atoms with E-state index in [2.05, 4.69) is 32.8 Å². The number of benzene rings is 2. The standard InChI is InChI=1S/C41H46N6O6/c1-43-23-33(31-18-39(46-13-6-14-46)42-19-32(31)40(43)50)26-15-37(52-3)34(38(16-26)53-4)24-45-21-28(22-45)44(2)27-10-9-25-20-47(41(51)30(25)17-27)35-12-11-29(48)7-5-8-36(35)49/h9-10,15-19,23,28,35H,5-8,11-14,20-22,24H2,1-4H3. The molecule has 0 radical (unpaired) electrons. The molecule has 1 aliphatic carbocycles. The Kier molecular flexibility index (Phi) is 9.18. The van der Waals surface area contributed by atoms with Crippen LogP contribution in [-0.2, 0) is 29.7 Å². The van der Waals surface area contributed by atoms with Gasteiger partial charge in [-0.25, -0.2) is 4.98 Å². The lowest BCUT2D eigenvalue weighted by Gasteiger charge is -2.45. The molecule has 1 amide bonds. The van der Waals surface area contributed by atoms with Gasteiger partial charge in [0.15, 0.2) is 5.78 Å². The van der Waals surface area contributed by atoms with Crippen molar-refractivity contribution in [2.24, 2.45) is 7.05 Å². The molecule has 1 unspecified atom stereocenters. The Hall–Kier alpha value is -5.23. The van der Waals surface area contributed by atoms with Crippen molar-refractivity contribution in [2.45, 2.75) is 63.7 Å². The van der Waals surface area contributed by atoms with Gasteiger partial charge in [-0.15, -0.1) is 0 Å². The van der Waals surface area contributed by atoms with Crippen LogP contribution in [0.25, 0.3) is 21.9 Å². The fraction of sp³-hybridized carbons (Fsp3) is 0.439. The molecule has 3 aliphatic heterocycles. The molecule has 53 heavy (non-hydrogen) atoms. The summed E-state index contributed by atoms with van der Waals surface area (Å²) in [7, 11) is 7.15. The average Bonchev–Trinajstić information content (AvgIpc) is 3.44. The van der Waals surface area contributed by atoms with Crippen LogP contribution in [0.15, 0.2) is 53.6 Å². The van der Waals surface area contributed by atoms with Gasteiger partial charge in [-0.1, -0.05) is 6.07 Å². The second-order valence-corrected chi connectivity index (χ2v) is 14.9. The number of fused-ring (bicyclic) bond motifs is 2. The number of nitrogens with zero attached hydrogens (tertiary/aromatic N) is 6. The molecule has 1 saturated carbocycles. The Morgan fingerprint density at radius 2 is 1.64 bits per heavy atom. The van der Waals surface area contributed by atoms with Crippen molar-refractivity contribution in [3.63, 3.8) is 0 Å². The Morgan fingerprint density at radius 3 is 2.34 bits per heavy atom. The minimum absolute atomic E-state index is 0.0580. The van der Waals surface area contributed by atoms with E-state index in [0.29, 0.717) is 67.6 Å². The van der Waals surface area contributed by atoms with E-state index in [1.165, 1.54) is 0 Å². The van der Waals surface area contributed by atoms with E-state index >= 15 is 0 Å². The number of carbonyl (C=O) groups is 3. The van der Waals surface area contributed by atoms with E-state index in [4.69, 9.17) is 9.47 Å². The summed E-state index contributed by atoms with van der Waals surface area (Å²) in [6, 6.07) is 11.8. The van der Waals surface area contributed by atoms with Gasteiger partial charge in [0.05, 0.1) is 37.3 Å². The zero-order valence-electron chi connectivity index (χ0n) is 30.9. The van der Waals surface area contributed by atoms with E-state index in [-0.39, 0.29) is 29.1 Å². The Labute approximate surface area is 308 Å². The summed E-state index contributed by atoms with van der Waals surface area (Å²) < 4.78 is 13.5. The minimum atomic E-state index is -0.537. The predicted octanol–water partition coefficient (Wildman–Crippen LogP) is 4.58. The fourth-order valence-corrected chi connectivity index (χ4v) is 8.27. The first-order chi connectivity index (χ1) is 25.6. The largest absolute Gasteiger partial charge is 0.496 e. The number of anilines is 2. The first-order valence-corrected chi connectivity index (χ1v) is 18.6. The van der Waals surface area contributed by atoms with Crippen molar-refractivity contribution in [1.82, 2.24) is 19.4 Å². The molecule has 12 nitrogen and oxygen atoms in total. The highest BCUT2D eigenvalue weighted by Gasteiger charge is 2.38. The number of carbonyl (C=O) groups excluding carboxylic acids is 3. The van der Waals surface area contributed by atoms with Gasteiger partial charge in [0, 0.05) is 107 Å². The van der Waals surface area contributed by atoms with Crippen LogP contribution in [0.2, 0.25) is 0 Å². The number of likely N-dealkylation sites (tertiary alicyclic amines) is 1. The minimum Gasteiger partial charge on any atom is -0.496 e. The lowest BCUT2D eigenvalue weighted by Crippen LogP contribution is -2.58. The summed E-state index contributed by atoms with van der Waals surface area (Å²) in [5.74, 6) is 2.40. The quantitative estimate of drug-likeness (QED) is 0.244. The summed E-state index contributed by atoms with van der Waals surface area (Å²) in [5.41, 5.74) is 5.17. The lowest BCUT2D eigenvalue weighted by molar-refractivity contribution is -0.126. The number of rotatable bonds is 9. The number of amides is 1. The maximum absolute atomic E-state index is 13.6. The number of aryl methyl sites for hydroxylation is 1. The van der Waals surface area contributed by atoms with Gasteiger partial charge in [-0.3, -0.25) is 24.1 Å². The third-order valence-corrected chi connectivity index (χ3v) is 11.7. The third kappa shape index (κ3) is 6.32. The highest BCUT2D eigenvalue weighted by molar-refractivity contribution is 6.02. The van der Waals surface area contributed by atoms with Crippen LogP contribution in [0.3, 0.4) is 0 Å². The molecule has 2 saturated heterocycles. The number of methoxy groups -OCH3 is 2. The van der Waals surface area contributed by atoms with Crippen LogP contribution in [0.1, 0.15) is 60.0 Å². The van der Waals surface area contributed by atoms with Crippen molar-refractivity contribution in [3.8, 4) is 22.6 Å². The van der Waals surface area contributed by atoms with Gasteiger partial charge in [0.1, 0.15) is 23.1 Å². The molecule has 2 aromatic heterocycles. The van der Waals surface area contributed by atoms with Gasteiger partial charge in [-0.2, -0.15) is 0 Å². The molecule has 2 aromatic carbocycles. The molecule has 276 valence electrons. The van der Waals surface area contributed by atoms with E-state index in [1.54, 1.807) is 36.9 Å². The van der Waals surface area contributed by atoms with Crippen LogP contribution in [0.5, 0.6) is 11.5 Å². The predicted molar refractivity (Wildman–Crippen MR) is 203 cm³/mol. The average molecular weight is 719 g/mol. The SMILES string of the molecule is COc1cc(-c2cn(C)c(=O)c3cnc(N4CCC4)cc23)cc(OC)c1CN1CC(N(C)c2ccc3c(c2)C(=O)N(C2CCC(=O)CCCC2=O)C3)C1. The zero-order chi connectivity index (χ0) is 37.0. The molecule has 1 atom stereocenters. The highest BCUT2D eigenvalue weighted by atomic mass is 16.5. The maximum Gasteiger partial charge on any atom is 0.259 e. The maximum atomic E-state index is 13.6. The van der Waals surface area contributed by atoms with Crippen molar-refractivity contribution in [3.05, 3.63) is 75.8 Å². The summed E-state index contributed by atoms with van der Waals surface area (Å²) >= 11 is 0. The molecule has 8 rings (SSSR count). The van der Waals surface area contributed by atoms with Gasteiger partial charge >= 0.3 is 0 Å². The second kappa shape index (κ2) is 14.0. The molecule has 4 aromatic rings. The number of Topliss-reactive ketones (excluding diaryl/α,β-unsaturated/α-hetero) is 2. The summed E-state index contributed by atoms with van der Waals surface area (Å²) in [5, 5.41) is 1.42. The fourth-order valence-electron chi connectivity index (χ4n) is 8.27. The number of pyridine rings is 2. The van der Waals surface area contributed by atoms with E-state index in [1.807, 2.05) is 36.5 Å². The summed E-state index contributed by atoms with van der Waals surface area (Å²) in [4.78, 5) is 64.8. The molecule has 0 spiro atoms. The van der Waals surface area contributed by atoms with Crippen LogP contribution >= 0.6 is 0 Å². The summed E-state index contributed by atoms with van der Waals surface area (Å²) in [6.07, 6.45) is 6.80. The molecule has 5 heterocycles. The van der Waals surface area contributed by atoms with Crippen molar-refractivity contribution >= 4 is 39.8 Å². The van der Waals surface area contributed by atoms with Crippen molar-refractivity contribution < 1.29 is 23.9 Å². The van der Waals surface area contributed by atoms with Crippen LogP contribution < -0.4 is 24.8 Å². The van der Waals surface area contributed by atoms with Gasteiger partial charge < -0.3 is 28.7 Å². The van der Waals surface area contributed by atoms with Gasteiger partial charge in [0.2, 0.25) is 0 Å². The van der Waals surface area contributed by atoms with Crippen LogP contribution in [0.4, 0.5) is 11.5 Å². The number of aromatic nitrogens is 2. The Morgan fingerprint density at radius 1 is 0.887 bits per heavy atom. The second-order valence-electron chi connectivity index (χ2n) is 14.9. The third-order valence-electron chi connectivity index (χ3n) is 11.7. The van der Waals surface area contributed by atoms with Crippen molar-refractivity contribution in [1.29, 1.82) is 0 Å². The molecule has 0 N–H and O–H groups in total. The highest BCUT2D eigenvalue weighted by Crippen LogP contribution is 2.40. The van der Waals surface area contributed by atoms with Crippen LogP contribution in [0, 0.1) is 0 Å². The van der Waals surface area contributed by atoms with E-state index in [9.17, 15) is 19.2 Å². The first-order valence-electron chi connectivity index (χ1n) is 18.6. The number of hydrogen-bond donors (Lipinski definition) is 0. The Balaban J connectivity index is 0.980. The van der Waals surface area contributed by atoms with Gasteiger partial charge in [-0.05, 0) is 60.7 Å².